The molecule has 0 atom stereocenters. The van der Waals surface area contributed by atoms with Gasteiger partial charge in [0.25, 0.3) is 0 Å². The average Bonchev–Trinajstić information content (AvgIpc) is 2.95. The molecule has 1 saturated carbocycles. The Morgan fingerprint density at radius 1 is 1.39 bits per heavy atom. The van der Waals surface area contributed by atoms with Crippen LogP contribution in [0.1, 0.15) is 31.2 Å². The first kappa shape index (κ1) is 11.2. The van der Waals surface area contributed by atoms with E-state index in [2.05, 4.69) is 15.4 Å². The Labute approximate surface area is 105 Å². The lowest BCUT2D eigenvalue weighted by atomic mass is 10.1. The predicted molar refractivity (Wildman–Crippen MR) is 68.3 cm³/mol. The summed E-state index contributed by atoms with van der Waals surface area (Å²) in [6, 6.07) is 3.88. The molecule has 1 aliphatic rings. The molecule has 94 valence electrons. The number of amides is 1. The molecule has 2 heterocycles. The van der Waals surface area contributed by atoms with Crippen LogP contribution in [-0.2, 0) is 4.79 Å². The van der Waals surface area contributed by atoms with Crippen molar-refractivity contribution in [1.82, 2.24) is 14.6 Å². The highest BCUT2D eigenvalue weighted by Crippen LogP contribution is 2.25. The fourth-order valence-electron chi connectivity index (χ4n) is 2.44. The number of hydrogen-bond donors (Lipinski definition) is 1. The molecule has 5 nitrogen and oxygen atoms in total. The molecule has 3 rings (SSSR count). The van der Waals surface area contributed by atoms with Gasteiger partial charge in [-0.1, -0.05) is 18.9 Å². The van der Waals surface area contributed by atoms with E-state index in [0.29, 0.717) is 5.95 Å². The number of fused-ring (bicyclic) bond motifs is 1. The van der Waals surface area contributed by atoms with E-state index in [1.165, 1.54) is 0 Å². The van der Waals surface area contributed by atoms with E-state index in [9.17, 15) is 4.79 Å². The Hall–Kier alpha value is -1.91. The van der Waals surface area contributed by atoms with Crippen molar-refractivity contribution in [3.63, 3.8) is 0 Å². The summed E-state index contributed by atoms with van der Waals surface area (Å²) in [4.78, 5) is 16.2. The highest BCUT2D eigenvalue weighted by Gasteiger charge is 2.23. The molecule has 0 aliphatic heterocycles. The maximum absolute atomic E-state index is 12.0. The Kier molecular flexibility index (Phi) is 2.74. The predicted octanol–water partition coefficient (Wildman–Crippen LogP) is 2.17. The Morgan fingerprint density at radius 2 is 2.17 bits per heavy atom. The van der Waals surface area contributed by atoms with Gasteiger partial charge in [0, 0.05) is 12.1 Å². The van der Waals surface area contributed by atoms with Gasteiger partial charge in [0.1, 0.15) is 0 Å². The van der Waals surface area contributed by atoms with Crippen molar-refractivity contribution in [2.45, 2.75) is 32.6 Å². The summed E-state index contributed by atoms with van der Waals surface area (Å²) in [5, 5.41) is 7.07. The van der Waals surface area contributed by atoms with Gasteiger partial charge in [0.05, 0.1) is 0 Å². The second-order valence-electron chi connectivity index (χ2n) is 4.92. The fraction of sp³-hybridized carbons (Fsp3) is 0.462. The van der Waals surface area contributed by atoms with Gasteiger partial charge in [0.15, 0.2) is 5.65 Å². The Balaban J connectivity index is 1.79. The van der Waals surface area contributed by atoms with Crippen LogP contribution >= 0.6 is 0 Å². The van der Waals surface area contributed by atoms with Gasteiger partial charge >= 0.3 is 0 Å². The number of pyridine rings is 1. The monoisotopic (exact) mass is 244 g/mol. The van der Waals surface area contributed by atoms with E-state index in [0.717, 1.165) is 36.9 Å². The molecular formula is C13H16N4O. The fourth-order valence-corrected chi connectivity index (χ4v) is 2.44. The van der Waals surface area contributed by atoms with Gasteiger partial charge in [-0.25, -0.2) is 4.52 Å². The number of carbonyl (C=O) groups excluding carboxylic acids is 1. The van der Waals surface area contributed by atoms with Gasteiger partial charge in [-0.2, -0.15) is 4.98 Å². The normalized spacial score (nSPS) is 16.3. The zero-order valence-electron chi connectivity index (χ0n) is 10.4. The summed E-state index contributed by atoms with van der Waals surface area (Å²) < 4.78 is 1.69. The third-order valence-corrected chi connectivity index (χ3v) is 3.44. The molecule has 1 N–H and O–H groups in total. The molecule has 0 saturated heterocycles. The van der Waals surface area contributed by atoms with Crippen molar-refractivity contribution in [2.75, 3.05) is 5.32 Å². The first-order valence-corrected chi connectivity index (χ1v) is 6.36. The van der Waals surface area contributed by atoms with Crippen molar-refractivity contribution in [2.24, 2.45) is 5.92 Å². The van der Waals surface area contributed by atoms with Crippen LogP contribution in [0.4, 0.5) is 5.95 Å². The molecule has 0 bridgehead atoms. The number of hydrogen-bond acceptors (Lipinski definition) is 3. The summed E-state index contributed by atoms with van der Waals surface area (Å²) in [6.07, 6.45) is 6.16. The summed E-state index contributed by atoms with van der Waals surface area (Å²) >= 11 is 0. The van der Waals surface area contributed by atoms with Crippen LogP contribution in [0.5, 0.6) is 0 Å². The lowest BCUT2D eigenvalue weighted by Gasteiger charge is -2.06. The SMILES string of the molecule is Cc1ccc2nc(NC(=O)C3CCCC3)nn2c1. The van der Waals surface area contributed by atoms with Crippen molar-refractivity contribution < 1.29 is 4.79 Å². The molecule has 0 radical (unpaired) electrons. The van der Waals surface area contributed by atoms with Crippen LogP contribution in [0, 0.1) is 12.8 Å². The summed E-state index contributed by atoms with van der Waals surface area (Å²) in [6.45, 7) is 2.00. The molecule has 5 heteroatoms. The number of carbonyl (C=O) groups is 1. The van der Waals surface area contributed by atoms with Crippen LogP contribution < -0.4 is 5.32 Å². The van der Waals surface area contributed by atoms with E-state index < -0.39 is 0 Å². The van der Waals surface area contributed by atoms with Crippen LogP contribution in [-0.4, -0.2) is 20.5 Å². The topological polar surface area (TPSA) is 59.3 Å². The number of rotatable bonds is 2. The van der Waals surface area contributed by atoms with Crippen LogP contribution in [0.3, 0.4) is 0 Å². The standard InChI is InChI=1S/C13H16N4O/c1-9-6-7-11-14-13(16-17(11)8-9)15-12(18)10-4-2-3-5-10/h6-8,10H,2-5H2,1H3,(H,15,16,18). The lowest BCUT2D eigenvalue weighted by Crippen LogP contribution is -2.21. The molecule has 18 heavy (non-hydrogen) atoms. The van der Waals surface area contributed by atoms with Crippen LogP contribution in [0.15, 0.2) is 18.3 Å². The second kappa shape index (κ2) is 4.40. The second-order valence-corrected chi connectivity index (χ2v) is 4.92. The zero-order valence-corrected chi connectivity index (χ0v) is 10.4. The molecule has 2 aromatic heterocycles. The lowest BCUT2D eigenvalue weighted by molar-refractivity contribution is -0.119. The van der Waals surface area contributed by atoms with Gasteiger partial charge in [-0.05, 0) is 31.4 Å². The molecule has 1 fully saturated rings. The maximum Gasteiger partial charge on any atom is 0.249 e. The molecule has 1 aliphatic carbocycles. The number of anilines is 1. The van der Waals surface area contributed by atoms with E-state index in [1.807, 2.05) is 25.3 Å². The van der Waals surface area contributed by atoms with Crippen molar-refractivity contribution in [3.8, 4) is 0 Å². The van der Waals surface area contributed by atoms with E-state index in [-0.39, 0.29) is 11.8 Å². The Morgan fingerprint density at radius 3 is 2.94 bits per heavy atom. The zero-order chi connectivity index (χ0) is 12.5. The minimum absolute atomic E-state index is 0.0557. The number of nitrogens with one attached hydrogen (secondary N) is 1. The van der Waals surface area contributed by atoms with Crippen molar-refractivity contribution in [3.05, 3.63) is 23.9 Å². The number of aromatic nitrogens is 3. The highest BCUT2D eigenvalue weighted by atomic mass is 16.2. The summed E-state index contributed by atoms with van der Waals surface area (Å²) in [7, 11) is 0. The first-order valence-electron chi connectivity index (χ1n) is 6.36. The van der Waals surface area contributed by atoms with Crippen molar-refractivity contribution >= 4 is 17.5 Å². The number of nitrogens with zero attached hydrogens (tertiary/aromatic N) is 3. The smallest absolute Gasteiger partial charge is 0.249 e. The largest absolute Gasteiger partial charge is 0.293 e. The summed E-state index contributed by atoms with van der Waals surface area (Å²) in [5.41, 5.74) is 1.86. The molecule has 0 aromatic carbocycles. The summed E-state index contributed by atoms with van der Waals surface area (Å²) in [5.74, 6) is 0.593. The van der Waals surface area contributed by atoms with Gasteiger partial charge < -0.3 is 0 Å². The quantitative estimate of drug-likeness (QED) is 0.880. The van der Waals surface area contributed by atoms with Crippen molar-refractivity contribution in [1.29, 1.82) is 0 Å². The highest BCUT2D eigenvalue weighted by molar-refractivity contribution is 5.91. The van der Waals surface area contributed by atoms with Gasteiger partial charge in [-0.3, -0.25) is 10.1 Å². The van der Waals surface area contributed by atoms with Gasteiger partial charge in [-0.15, -0.1) is 5.10 Å². The minimum Gasteiger partial charge on any atom is -0.293 e. The average molecular weight is 244 g/mol. The molecule has 0 unspecified atom stereocenters. The molecule has 0 spiro atoms. The molecule has 1 amide bonds. The molecular weight excluding hydrogens is 228 g/mol. The van der Waals surface area contributed by atoms with E-state index >= 15 is 0 Å². The van der Waals surface area contributed by atoms with E-state index in [4.69, 9.17) is 0 Å². The van der Waals surface area contributed by atoms with Crippen LogP contribution in [0.2, 0.25) is 0 Å². The minimum atomic E-state index is 0.0557. The van der Waals surface area contributed by atoms with Gasteiger partial charge in [0.2, 0.25) is 11.9 Å². The maximum atomic E-state index is 12.0. The van der Waals surface area contributed by atoms with E-state index in [1.54, 1.807) is 4.52 Å². The third-order valence-electron chi connectivity index (χ3n) is 3.44. The number of aryl methyl sites for hydroxylation is 1. The first-order chi connectivity index (χ1) is 8.72. The van der Waals surface area contributed by atoms with Crippen LogP contribution in [0.25, 0.3) is 5.65 Å². The Bertz CT molecular complexity index is 584. The molecule has 2 aromatic rings. The third kappa shape index (κ3) is 2.08.